The zero-order valence-electron chi connectivity index (χ0n) is 14.3. The molecule has 4 nitrogen and oxygen atoms in total. The largest absolute Gasteiger partial charge is 0.493 e. The Balaban J connectivity index is 1.74. The van der Waals surface area contributed by atoms with Crippen LogP contribution < -0.4 is 14.8 Å². The van der Waals surface area contributed by atoms with E-state index in [1.54, 1.807) is 14.2 Å². The highest BCUT2D eigenvalue weighted by Crippen LogP contribution is 2.28. The smallest absolute Gasteiger partial charge is 0.160 e. The zero-order valence-corrected chi connectivity index (χ0v) is 14.3. The Morgan fingerprint density at radius 1 is 1.23 bits per heavy atom. The molecule has 4 heteroatoms. The van der Waals surface area contributed by atoms with E-state index in [1.807, 2.05) is 6.07 Å². The van der Waals surface area contributed by atoms with Gasteiger partial charge >= 0.3 is 0 Å². The van der Waals surface area contributed by atoms with Gasteiger partial charge in [0.15, 0.2) is 11.5 Å². The predicted octanol–water partition coefficient (Wildman–Crippen LogP) is 3.04. The molecule has 1 fully saturated rings. The second-order valence-electron chi connectivity index (χ2n) is 6.61. The monoisotopic (exact) mass is 307 g/mol. The molecule has 1 aliphatic heterocycles. The third-order valence-electron chi connectivity index (χ3n) is 4.27. The first kappa shape index (κ1) is 17.1. The summed E-state index contributed by atoms with van der Waals surface area (Å²) in [5.74, 6) is 2.30. The number of nitrogens with one attached hydrogen (secondary N) is 1. The highest BCUT2D eigenvalue weighted by molar-refractivity contribution is 5.42. The van der Waals surface area contributed by atoms with Gasteiger partial charge in [-0.25, -0.2) is 0 Å². The van der Waals surface area contributed by atoms with Gasteiger partial charge in [-0.3, -0.25) is 0 Å². The molecule has 1 unspecified atom stereocenters. The standard InChI is InChI=1S/C18H29NO3/c1-18(2)12-15(8-10-22-18)13-19-9-7-14-5-6-16(20-3)17(11-14)21-4/h5-6,11,15,19H,7-10,12-13H2,1-4H3. The summed E-state index contributed by atoms with van der Waals surface area (Å²) in [5.41, 5.74) is 1.30. The van der Waals surface area contributed by atoms with Crippen molar-refractivity contribution in [2.45, 2.75) is 38.7 Å². The Kier molecular flexibility index (Phi) is 6.09. The van der Waals surface area contributed by atoms with Crippen molar-refractivity contribution in [2.24, 2.45) is 5.92 Å². The van der Waals surface area contributed by atoms with Crippen LogP contribution in [0, 0.1) is 5.92 Å². The van der Waals surface area contributed by atoms with Crippen LogP contribution in [0.5, 0.6) is 11.5 Å². The van der Waals surface area contributed by atoms with Crippen LogP contribution in [0.3, 0.4) is 0 Å². The molecule has 0 radical (unpaired) electrons. The van der Waals surface area contributed by atoms with Crippen LogP contribution >= 0.6 is 0 Å². The summed E-state index contributed by atoms with van der Waals surface area (Å²) >= 11 is 0. The molecule has 0 aromatic heterocycles. The summed E-state index contributed by atoms with van der Waals surface area (Å²) < 4.78 is 16.4. The molecule has 1 aromatic carbocycles. The van der Waals surface area contributed by atoms with E-state index in [9.17, 15) is 0 Å². The predicted molar refractivity (Wildman–Crippen MR) is 88.9 cm³/mol. The lowest BCUT2D eigenvalue weighted by Gasteiger charge is -2.35. The number of hydrogen-bond acceptors (Lipinski definition) is 4. The van der Waals surface area contributed by atoms with E-state index >= 15 is 0 Å². The maximum absolute atomic E-state index is 5.76. The lowest BCUT2D eigenvalue weighted by molar-refractivity contribution is -0.0717. The van der Waals surface area contributed by atoms with Gasteiger partial charge in [-0.2, -0.15) is 0 Å². The SMILES string of the molecule is COc1ccc(CCNCC2CCOC(C)(C)C2)cc1OC. The fraction of sp³-hybridized carbons (Fsp3) is 0.667. The fourth-order valence-electron chi connectivity index (χ4n) is 3.11. The Labute approximate surface area is 134 Å². The second-order valence-corrected chi connectivity index (χ2v) is 6.61. The maximum Gasteiger partial charge on any atom is 0.160 e. The molecule has 1 atom stereocenters. The second kappa shape index (κ2) is 7.84. The highest BCUT2D eigenvalue weighted by atomic mass is 16.5. The van der Waals surface area contributed by atoms with Gasteiger partial charge in [-0.1, -0.05) is 6.07 Å². The molecule has 0 amide bonds. The first-order valence-corrected chi connectivity index (χ1v) is 8.09. The average Bonchev–Trinajstić information content (AvgIpc) is 2.50. The van der Waals surface area contributed by atoms with Crippen molar-refractivity contribution in [3.63, 3.8) is 0 Å². The minimum absolute atomic E-state index is 0.0357. The number of ether oxygens (including phenoxy) is 3. The van der Waals surface area contributed by atoms with Gasteiger partial charge in [0, 0.05) is 6.61 Å². The van der Waals surface area contributed by atoms with Crippen molar-refractivity contribution < 1.29 is 14.2 Å². The van der Waals surface area contributed by atoms with Crippen LogP contribution in [0.25, 0.3) is 0 Å². The van der Waals surface area contributed by atoms with Crippen LogP contribution in [0.1, 0.15) is 32.3 Å². The molecule has 0 bridgehead atoms. The van der Waals surface area contributed by atoms with E-state index in [4.69, 9.17) is 14.2 Å². The molecular formula is C18H29NO3. The third kappa shape index (κ3) is 4.89. The summed E-state index contributed by atoms with van der Waals surface area (Å²) in [6, 6.07) is 6.12. The Hall–Kier alpha value is -1.26. The lowest BCUT2D eigenvalue weighted by atomic mass is 9.88. The Bertz CT molecular complexity index is 473. The lowest BCUT2D eigenvalue weighted by Crippen LogP contribution is -2.38. The molecule has 1 heterocycles. The first-order valence-electron chi connectivity index (χ1n) is 8.09. The minimum Gasteiger partial charge on any atom is -0.493 e. The van der Waals surface area contributed by atoms with Crippen LogP contribution in [0.2, 0.25) is 0 Å². The molecular weight excluding hydrogens is 278 g/mol. The number of methoxy groups -OCH3 is 2. The van der Waals surface area contributed by atoms with Gasteiger partial charge in [-0.05, 0) is 69.8 Å². The van der Waals surface area contributed by atoms with Crippen molar-refractivity contribution in [1.82, 2.24) is 5.32 Å². The van der Waals surface area contributed by atoms with Gasteiger partial charge in [-0.15, -0.1) is 0 Å². The van der Waals surface area contributed by atoms with Gasteiger partial charge < -0.3 is 19.5 Å². The molecule has 1 aromatic rings. The summed E-state index contributed by atoms with van der Waals surface area (Å²) in [6.45, 7) is 7.30. The van der Waals surface area contributed by atoms with E-state index < -0.39 is 0 Å². The van der Waals surface area contributed by atoms with E-state index in [0.29, 0.717) is 5.92 Å². The van der Waals surface area contributed by atoms with E-state index in [-0.39, 0.29) is 5.60 Å². The van der Waals surface area contributed by atoms with Crippen LogP contribution in [-0.4, -0.2) is 39.5 Å². The first-order chi connectivity index (χ1) is 10.5. The van der Waals surface area contributed by atoms with E-state index in [0.717, 1.165) is 50.5 Å². The summed E-state index contributed by atoms with van der Waals surface area (Å²) in [5, 5.41) is 3.58. The third-order valence-corrected chi connectivity index (χ3v) is 4.27. The highest BCUT2D eigenvalue weighted by Gasteiger charge is 2.28. The summed E-state index contributed by atoms with van der Waals surface area (Å²) in [4.78, 5) is 0. The number of hydrogen-bond donors (Lipinski definition) is 1. The van der Waals surface area contributed by atoms with Gasteiger partial charge in [0.1, 0.15) is 0 Å². The molecule has 0 saturated carbocycles. The van der Waals surface area contributed by atoms with Crippen molar-refractivity contribution in [3.05, 3.63) is 23.8 Å². The van der Waals surface area contributed by atoms with Crippen molar-refractivity contribution >= 4 is 0 Å². The molecule has 1 N–H and O–H groups in total. The molecule has 22 heavy (non-hydrogen) atoms. The van der Waals surface area contributed by atoms with E-state index in [1.165, 1.54) is 5.56 Å². The van der Waals surface area contributed by atoms with Gasteiger partial charge in [0.05, 0.1) is 19.8 Å². The molecule has 0 aliphatic carbocycles. The quantitative estimate of drug-likeness (QED) is 0.786. The number of benzene rings is 1. The minimum atomic E-state index is 0.0357. The number of rotatable bonds is 7. The van der Waals surface area contributed by atoms with Crippen LogP contribution in [-0.2, 0) is 11.2 Å². The van der Waals surface area contributed by atoms with Gasteiger partial charge in [0.25, 0.3) is 0 Å². The summed E-state index contributed by atoms with van der Waals surface area (Å²) in [6.07, 6.45) is 3.29. The van der Waals surface area contributed by atoms with E-state index in [2.05, 4.69) is 31.3 Å². The molecule has 0 spiro atoms. The van der Waals surface area contributed by atoms with Crippen LogP contribution in [0.15, 0.2) is 18.2 Å². The van der Waals surface area contributed by atoms with Crippen molar-refractivity contribution in [1.29, 1.82) is 0 Å². The Morgan fingerprint density at radius 3 is 2.68 bits per heavy atom. The molecule has 2 rings (SSSR count). The van der Waals surface area contributed by atoms with Crippen molar-refractivity contribution in [2.75, 3.05) is 33.9 Å². The fourth-order valence-corrected chi connectivity index (χ4v) is 3.11. The zero-order chi connectivity index (χ0) is 16.0. The van der Waals surface area contributed by atoms with Crippen LogP contribution in [0.4, 0.5) is 0 Å². The van der Waals surface area contributed by atoms with Crippen molar-refractivity contribution in [3.8, 4) is 11.5 Å². The topological polar surface area (TPSA) is 39.7 Å². The normalized spacial score (nSPS) is 20.6. The molecule has 1 saturated heterocycles. The van der Waals surface area contributed by atoms with Gasteiger partial charge in [0.2, 0.25) is 0 Å². The summed E-state index contributed by atoms with van der Waals surface area (Å²) in [7, 11) is 3.33. The maximum atomic E-state index is 5.76. The Morgan fingerprint density at radius 2 is 2.00 bits per heavy atom. The molecule has 1 aliphatic rings. The average molecular weight is 307 g/mol. The molecule has 124 valence electrons.